The maximum Gasteiger partial charge on any atom is 0.262 e. The minimum absolute atomic E-state index is 0.0117. The Kier molecular flexibility index (Phi) is 6.69. The Labute approximate surface area is 188 Å². The molecule has 0 saturated carbocycles. The number of hydrogen-bond donors (Lipinski definition) is 1. The molecular formula is C23H29FN2O5S. The fourth-order valence-electron chi connectivity index (χ4n) is 3.39. The van der Waals surface area contributed by atoms with Gasteiger partial charge in [-0.05, 0) is 57.0 Å². The first-order valence-corrected chi connectivity index (χ1v) is 12.0. The number of nitrogens with one attached hydrogen (secondary N) is 1. The second-order valence-electron chi connectivity index (χ2n) is 8.80. The Morgan fingerprint density at radius 1 is 1.22 bits per heavy atom. The highest BCUT2D eigenvalue weighted by molar-refractivity contribution is 7.92. The highest BCUT2D eigenvalue weighted by Gasteiger charge is 2.38. The highest BCUT2D eigenvalue weighted by atomic mass is 32.2. The molecule has 1 N–H and O–H groups in total. The number of fused-ring (bicyclic) bond motifs is 1. The molecule has 174 valence electrons. The molecule has 7 nitrogen and oxygen atoms in total. The van der Waals surface area contributed by atoms with E-state index in [9.17, 15) is 17.6 Å². The zero-order valence-electron chi connectivity index (χ0n) is 18.9. The van der Waals surface area contributed by atoms with Gasteiger partial charge in [0.2, 0.25) is 5.91 Å². The number of anilines is 2. The van der Waals surface area contributed by atoms with Crippen LogP contribution >= 0.6 is 0 Å². The van der Waals surface area contributed by atoms with E-state index in [1.54, 1.807) is 30.0 Å². The van der Waals surface area contributed by atoms with Crippen LogP contribution in [-0.2, 0) is 14.8 Å². The lowest BCUT2D eigenvalue weighted by Gasteiger charge is -2.29. The number of carbonyl (C=O) groups is 1. The van der Waals surface area contributed by atoms with Crippen molar-refractivity contribution in [2.24, 2.45) is 11.3 Å². The van der Waals surface area contributed by atoms with Crippen molar-refractivity contribution in [3.05, 3.63) is 42.2 Å². The standard InChI is InChI=1S/C23H29FN2O5S/c1-6-30-20-10-8-17(12-18(20)24)32(28,29)25-16-7-9-19-21(11-16)31-14-23(4,5)22(27)26(19)13-15(2)3/h7-12,15,25H,6,13-14H2,1-5H3. The van der Waals surface area contributed by atoms with Gasteiger partial charge in [0.1, 0.15) is 12.4 Å². The van der Waals surface area contributed by atoms with Crippen LogP contribution in [0.5, 0.6) is 11.5 Å². The molecule has 0 fully saturated rings. The fourth-order valence-corrected chi connectivity index (χ4v) is 4.45. The number of nitrogens with zero attached hydrogens (tertiary/aromatic N) is 1. The zero-order chi connectivity index (χ0) is 23.7. The normalized spacial score (nSPS) is 15.7. The Balaban J connectivity index is 1.92. The van der Waals surface area contributed by atoms with E-state index < -0.39 is 21.3 Å². The molecule has 0 radical (unpaired) electrons. The SMILES string of the molecule is CCOc1ccc(S(=O)(=O)Nc2ccc3c(c2)OCC(C)(C)C(=O)N3CC(C)C)cc1F. The molecule has 2 aromatic rings. The molecule has 1 amide bonds. The lowest BCUT2D eigenvalue weighted by molar-refractivity contribution is -0.127. The predicted molar refractivity (Wildman–Crippen MR) is 121 cm³/mol. The second-order valence-corrected chi connectivity index (χ2v) is 10.5. The van der Waals surface area contributed by atoms with Crippen LogP contribution in [0.3, 0.4) is 0 Å². The van der Waals surface area contributed by atoms with Gasteiger partial charge in [0, 0.05) is 12.6 Å². The van der Waals surface area contributed by atoms with Gasteiger partial charge in [-0.2, -0.15) is 0 Å². The van der Waals surface area contributed by atoms with Crippen LogP contribution in [0.25, 0.3) is 0 Å². The van der Waals surface area contributed by atoms with Crippen LogP contribution in [0.4, 0.5) is 15.8 Å². The van der Waals surface area contributed by atoms with Gasteiger partial charge in [-0.3, -0.25) is 9.52 Å². The molecule has 0 spiro atoms. The molecule has 0 unspecified atom stereocenters. The summed E-state index contributed by atoms with van der Waals surface area (Å²) in [4.78, 5) is 14.5. The minimum atomic E-state index is -4.05. The molecule has 3 rings (SSSR count). The van der Waals surface area contributed by atoms with Crippen LogP contribution in [-0.4, -0.2) is 34.1 Å². The molecule has 1 heterocycles. The summed E-state index contributed by atoms with van der Waals surface area (Å²) in [5.74, 6) is -0.188. The highest BCUT2D eigenvalue weighted by Crippen LogP contribution is 2.39. The quantitative estimate of drug-likeness (QED) is 0.655. The Bertz CT molecular complexity index is 1120. The maximum absolute atomic E-state index is 14.2. The van der Waals surface area contributed by atoms with Crippen molar-refractivity contribution < 1.29 is 27.1 Å². The van der Waals surface area contributed by atoms with Gasteiger partial charge < -0.3 is 14.4 Å². The molecule has 32 heavy (non-hydrogen) atoms. The number of ether oxygens (including phenoxy) is 2. The van der Waals surface area contributed by atoms with Gasteiger partial charge in [0.05, 0.1) is 28.3 Å². The third kappa shape index (κ3) is 4.98. The molecule has 0 bridgehead atoms. The third-order valence-electron chi connectivity index (χ3n) is 4.98. The molecule has 1 aliphatic heterocycles. The summed E-state index contributed by atoms with van der Waals surface area (Å²) in [6.07, 6.45) is 0. The molecule has 2 aromatic carbocycles. The summed E-state index contributed by atoms with van der Waals surface area (Å²) in [5.41, 5.74) is 0.104. The van der Waals surface area contributed by atoms with E-state index >= 15 is 0 Å². The molecule has 1 aliphatic rings. The van der Waals surface area contributed by atoms with Crippen molar-refractivity contribution >= 4 is 27.3 Å². The topological polar surface area (TPSA) is 84.9 Å². The van der Waals surface area contributed by atoms with Crippen LogP contribution < -0.4 is 19.1 Å². The van der Waals surface area contributed by atoms with E-state index in [-0.39, 0.29) is 41.4 Å². The maximum atomic E-state index is 14.2. The molecule has 0 aliphatic carbocycles. The summed E-state index contributed by atoms with van der Waals surface area (Å²) >= 11 is 0. The Morgan fingerprint density at radius 2 is 1.94 bits per heavy atom. The van der Waals surface area contributed by atoms with Crippen molar-refractivity contribution in [3.63, 3.8) is 0 Å². The van der Waals surface area contributed by atoms with E-state index in [2.05, 4.69) is 4.72 Å². The summed E-state index contributed by atoms with van der Waals surface area (Å²) in [5, 5.41) is 0. The summed E-state index contributed by atoms with van der Waals surface area (Å²) in [6, 6.07) is 8.24. The average Bonchev–Trinajstić information content (AvgIpc) is 2.79. The van der Waals surface area contributed by atoms with Crippen molar-refractivity contribution in [1.82, 2.24) is 0 Å². The lowest BCUT2D eigenvalue weighted by Crippen LogP contribution is -2.43. The van der Waals surface area contributed by atoms with Gasteiger partial charge in [0.15, 0.2) is 11.6 Å². The van der Waals surface area contributed by atoms with E-state index in [1.165, 1.54) is 12.1 Å². The molecular weight excluding hydrogens is 435 g/mol. The Morgan fingerprint density at radius 3 is 2.56 bits per heavy atom. The first kappa shape index (κ1) is 23.8. The fraction of sp³-hybridized carbons (Fsp3) is 0.435. The van der Waals surface area contributed by atoms with Crippen molar-refractivity contribution in [2.75, 3.05) is 29.4 Å². The van der Waals surface area contributed by atoms with E-state index in [4.69, 9.17) is 9.47 Å². The minimum Gasteiger partial charge on any atom is -0.491 e. The number of rotatable bonds is 7. The summed E-state index contributed by atoms with van der Waals surface area (Å²) in [7, 11) is -4.05. The molecule has 0 atom stereocenters. The average molecular weight is 465 g/mol. The first-order chi connectivity index (χ1) is 14.9. The van der Waals surface area contributed by atoms with Gasteiger partial charge in [-0.1, -0.05) is 13.8 Å². The number of amides is 1. The van der Waals surface area contributed by atoms with Crippen LogP contribution in [0, 0.1) is 17.2 Å². The van der Waals surface area contributed by atoms with Gasteiger partial charge in [-0.25, -0.2) is 12.8 Å². The lowest BCUT2D eigenvalue weighted by atomic mass is 9.92. The van der Waals surface area contributed by atoms with Crippen LogP contribution in [0.2, 0.25) is 0 Å². The summed E-state index contributed by atoms with van der Waals surface area (Å²) in [6.45, 7) is 10.3. The smallest absolute Gasteiger partial charge is 0.262 e. The number of halogens is 1. The number of benzene rings is 2. The van der Waals surface area contributed by atoms with E-state index in [1.807, 2.05) is 27.7 Å². The monoisotopic (exact) mass is 464 g/mol. The molecule has 0 saturated heterocycles. The van der Waals surface area contributed by atoms with E-state index in [0.717, 1.165) is 6.07 Å². The van der Waals surface area contributed by atoms with E-state index in [0.29, 0.717) is 18.0 Å². The number of sulfonamides is 1. The number of carbonyl (C=O) groups excluding carboxylic acids is 1. The zero-order valence-corrected chi connectivity index (χ0v) is 19.8. The molecule has 9 heteroatoms. The van der Waals surface area contributed by atoms with Gasteiger partial charge in [0.25, 0.3) is 10.0 Å². The van der Waals surface area contributed by atoms with Crippen molar-refractivity contribution in [1.29, 1.82) is 0 Å². The first-order valence-electron chi connectivity index (χ1n) is 10.5. The largest absolute Gasteiger partial charge is 0.491 e. The predicted octanol–water partition coefficient (Wildman–Crippen LogP) is 4.43. The van der Waals surface area contributed by atoms with Crippen LogP contribution in [0.15, 0.2) is 41.3 Å². The molecule has 0 aromatic heterocycles. The van der Waals surface area contributed by atoms with Gasteiger partial charge in [-0.15, -0.1) is 0 Å². The van der Waals surface area contributed by atoms with Gasteiger partial charge >= 0.3 is 0 Å². The van der Waals surface area contributed by atoms with Crippen LogP contribution in [0.1, 0.15) is 34.6 Å². The summed E-state index contributed by atoms with van der Waals surface area (Å²) < 4.78 is 53.2. The van der Waals surface area contributed by atoms with Crippen molar-refractivity contribution in [2.45, 2.75) is 39.5 Å². The Hall–Kier alpha value is -2.81. The second kappa shape index (κ2) is 8.97. The van der Waals surface area contributed by atoms with Crippen molar-refractivity contribution in [3.8, 4) is 11.5 Å². The number of hydrogen-bond acceptors (Lipinski definition) is 5. The third-order valence-corrected chi connectivity index (χ3v) is 6.36.